The lowest BCUT2D eigenvalue weighted by atomic mass is 9.82. The van der Waals surface area contributed by atoms with E-state index in [-0.39, 0.29) is 16.3 Å². The molecule has 0 fully saturated rings. The molecule has 0 radical (unpaired) electrons. The lowest BCUT2D eigenvalue weighted by Gasteiger charge is -2.28. The van der Waals surface area contributed by atoms with Crippen LogP contribution < -0.4 is 0 Å². The minimum absolute atomic E-state index is 0.142. The van der Waals surface area contributed by atoms with E-state index in [0.29, 0.717) is 5.56 Å². The number of hydroxylamine groups is 2. The fourth-order valence-electron chi connectivity index (χ4n) is 2.43. The number of rotatable bonds is 6. The first kappa shape index (κ1) is 18.2. The van der Waals surface area contributed by atoms with Crippen LogP contribution in [0.5, 0.6) is 0 Å². The molecule has 2 aromatic rings. The second-order valence-corrected chi connectivity index (χ2v) is 5.46. The molecule has 0 saturated carbocycles. The Balaban J connectivity index is 2.48. The summed E-state index contributed by atoms with van der Waals surface area (Å²) in [5, 5.41) is 31.2. The number of benzene rings is 2. The summed E-state index contributed by atoms with van der Waals surface area (Å²) in [5.41, 5.74) is -1.49. The standard InChI is InChI=1S/C17H16N2O6/c1-18(23)16(21)15(20)11-17(22,12-5-3-2-4-6-12)13-7-9-14(10-8-13)19(24)25/h2-10,22-23H,11H2,1H3. The zero-order valence-electron chi connectivity index (χ0n) is 13.3. The quantitative estimate of drug-likeness (QED) is 0.356. The summed E-state index contributed by atoms with van der Waals surface area (Å²) in [7, 11) is 1.01. The largest absolute Gasteiger partial charge is 0.380 e. The van der Waals surface area contributed by atoms with E-state index in [1.54, 1.807) is 30.3 Å². The molecule has 8 nitrogen and oxygen atoms in total. The van der Waals surface area contributed by atoms with Gasteiger partial charge in [-0.1, -0.05) is 30.3 Å². The topological polar surface area (TPSA) is 121 Å². The van der Waals surface area contributed by atoms with Crippen LogP contribution in [0.1, 0.15) is 17.5 Å². The highest BCUT2D eigenvalue weighted by atomic mass is 16.6. The molecular formula is C17H16N2O6. The van der Waals surface area contributed by atoms with E-state index in [4.69, 9.17) is 5.21 Å². The van der Waals surface area contributed by atoms with Crippen LogP contribution in [0.15, 0.2) is 54.6 Å². The molecule has 130 valence electrons. The van der Waals surface area contributed by atoms with Crippen molar-refractivity contribution in [1.29, 1.82) is 0 Å². The molecule has 2 rings (SSSR count). The predicted octanol–water partition coefficient (Wildman–Crippen LogP) is 1.64. The van der Waals surface area contributed by atoms with Crippen LogP contribution in [0, 0.1) is 10.1 Å². The van der Waals surface area contributed by atoms with Crippen LogP contribution in [-0.4, -0.2) is 39.0 Å². The van der Waals surface area contributed by atoms with Gasteiger partial charge in [0.1, 0.15) is 5.60 Å². The third kappa shape index (κ3) is 3.87. The Hall–Kier alpha value is -3.10. The van der Waals surface area contributed by atoms with Gasteiger partial charge in [0.15, 0.2) is 0 Å². The smallest absolute Gasteiger partial charge is 0.313 e. The highest BCUT2D eigenvalue weighted by Crippen LogP contribution is 2.34. The van der Waals surface area contributed by atoms with E-state index in [1.165, 1.54) is 24.3 Å². The zero-order chi connectivity index (χ0) is 18.6. The van der Waals surface area contributed by atoms with Gasteiger partial charge in [-0.05, 0) is 23.3 Å². The number of nitro benzene ring substituents is 1. The third-order valence-electron chi connectivity index (χ3n) is 3.76. The van der Waals surface area contributed by atoms with E-state index in [2.05, 4.69) is 0 Å². The number of non-ortho nitro benzene ring substituents is 1. The second kappa shape index (κ2) is 7.20. The molecule has 0 heterocycles. The Bertz CT molecular complexity index is 789. The van der Waals surface area contributed by atoms with Crippen molar-refractivity contribution in [2.45, 2.75) is 12.0 Å². The summed E-state index contributed by atoms with van der Waals surface area (Å²) >= 11 is 0. The van der Waals surface area contributed by atoms with E-state index in [0.717, 1.165) is 7.05 Å². The Morgan fingerprint density at radius 2 is 1.60 bits per heavy atom. The van der Waals surface area contributed by atoms with Gasteiger partial charge in [0, 0.05) is 19.2 Å². The molecule has 0 aromatic heterocycles. The Kier molecular flexibility index (Phi) is 5.26. The third-order valence-corrected chi connectivity index (χ3v) is 3.76. The molecule has 1 amide bonds. The van der Waals surface area contributed by atoms with Crippen molar-refractivity contribution in [2.75, 3.05) is 7.05 Å². The minimum atomic E-state index is -1.88. The number of aliphatic hydroxyl groups is 1. The summed E-state index contributed by atoms with van der Waals surface area (Å²) in [6.07, 6.45) is -0.626. The van der Waals surface area contributed by atoms with Crippen molar-refractivity contribution in [2.24, 2.45) is 0 Å². The number of nitrogens with zero attached hydrogens (tertiary/aromatic N) is 2. The molecule has 0 aliphatic rings. The van der Waals surface area contributed by atoms with Crippen LogP contribution in [0.25, 0.3) is 0 Å². The van der Waals surface area contributed by atoms with Crippen molar-refractivity contribution in [3.63, 3.8) is 0 Å². The maximum atomic E-state index is 12.1. The van der Waals surface area contributed by atoms with E-state index in [1.807, 2.05) is 0 Å². The fraction of sp³-hybridized carbons (Fsp3) is 0.176. The number of amides is 1. The van der Waals surface area contributed by atoms with Crippen LogP contribution in [-0.2, 0) is 15.2 Å². The molecule has 0 bridgehead atoms. The van der Waals surface area contributed by atoms with Crippen molar-refractivity contribution in [1.82, 2.24) is 5.06 Å². The lowest BCUT2D eigenvalue weighted by molar-refractivity contribution is -0.384. The Labute approximate surface area is 143 Å². The van der Waals surface area contributed by atoms with Gasteiger partial charge in [-0.3, -0.25) is 24.9 Å². The van der Waals surface area contributed by atoms with Crippen molar-refractivity contribution in [3.8, 4) is 0 Å². The first-order valence-electron chi connectivity index (χ1n) is 7.28. The normalized spacial score (nSPS) is 12.9. The van der Waals surface area contributed by atoms with Gasteiger partial charge in [0.2, 0.25) is 5.78 Å². The number of nitro groups is 1. The first-order valence-corrected chi connectivity index (χ1v) is 7.28. The average Bonchev–Trinajstić information content (AvgIpc) is 2.61. The number of carbonyl (C=O) groups is 2. The minimum Gasteiger partial charge on any atom is -0.380 e. The van der Waals surface area contributed by atoms with Crippen LogP contribution >= 0.6 is 0 Å². The Morgan fingerprint density at radius 3 is 2.08 bits per heavy atom. The number of hydrogen-bond acceptors (Lipinski definition) is 6. The molecule has 8 heteroatoms. The summed E-state index contributed by atoms with van der Waals surface area (Å²) in [6.45, 7) is 0. The number of ketones is 1. The average molecular weight is 344 g/mol. The van der Waals surface area contributed by atoms with E-state index in [9.17, 15) is 24.8 Å². The predicted molar refractivity (Wildman–Crippen MR) is 86.7 cm³/mol. The molecule has 0 aliphatic carbocycles. The van der Waals surface area contributed by atoms with Gasteiger partial charge in [-0.15, -0.1) is 0 Å². The molecule has 2 N–H and O–H groups in total. The van der Waals surface area contributed by atoms with Gasteiger partial charge in [0.25, 0.3) is 5.69 Å². The Morgan fingerprint density at radius 1 is 1.08 bits per heavy atom. The monoisotopic (exact) mass is 344 g/mol. The SMILES string of the molecule is CN(O)C(=O)C(=O)CC(O)(c1ccccc1)c1ccc([N+](=O)[O-])cc1. The van der Waals surface area contributed by atoms with E-state index >= 15 is 0 Å². The molecule has 0 aliphatic heterocycles. The summed E-state index contributed by atoms with van der Waals surface area (Å²) < 4.78 is 0. The molecule has 0 saturated heterocycles. The van der Waals surface area contributed by atoms with Crippen molar-refractivity contribution < 1.29 is 24.8 Å². The van der Waals surface area contributed by atoms with Crippen LogP contribution in [0.3, 0.4) is 0 Å². The van der Waals surface area contributed by atoms with Crippen LogP contribution in [0.2, 0.25) is 0 Å². The number of carbonyl (C=O) groups excluding carboxylic acids is 2. The summed E-state index contributed by atoms with van der Waals surface area (Å²) in [5.74, 6) is -2.18. The molecular weight excluding hydrogens is 328 g/mol. The maximum Gasteiger partial charge on any atom is 0.313 e. The van der Waals surface area contributed by atoms with Gasteiger partial charge in [0.05, 0.1) is 11.3 Å². The second-order valence-electron chi connectivity index (χ2n) is 5.46. The number of Topliss-reactive ketones (excluding diaryl/α,β-unsaturated/α-hetero) is 1. The van der Waals surface area contributed by atoms with Gasteiger partial charge < -0.3 is 5.11 Å². The highest BCUT2D eigenvalue weighted by molar-refractivity contribution is 6.35. The molecule has 1 atom stereocenters. The van der Waals surface area contributed by atoms with Gasteiger partial charge >= 0.3 is 5.91 Å². The van der Waals surface area contributed by atoms with Crippen LogP contribution in [0.4, 0.5) is 5.69 Å². The summed E-state index contributed by atoms with van der Waals surface area (Å²) in [4.78, 5) is 34.0. The van der Waals surface area contributed by atoms with Crippen molar-refractivity contribution >= 4 is 17.4 Å². The lowest BCUT2D eigenvalue weighted by Crippen LogP contribution is -2.37. The van der Waals surface area contributed by atoms with Gasteiger partial charge in [-0.2, -0.15) is 0 Å². The molecule has 25 heavy (non-hydrogen) atoms. The van der Waals surface area contributed by atoms with E-state index < -0.39 is 28.6 Å². The number of hydrogen-bond donors (Lipinski definition) is 2. The van der Waals surface area contributed by atoms with Gasteiger partial charge in [-0.25, -0.2) is 5.06 Å². The fourth-order valence-corrected chi connectivity index (χ4v) is 2.43. The number of likely N-dealkylation sites (N-methyl/N-ethyl adjacent to an activating group) is 1. The first-order chi connectivity index (χ1) is 11.8. The molecule has 0 spiro atoms. The highest BCUT2D eigenvalue weighted by Gasteiger charge is 2.37. The van der Waals surface area contributed by atoms with Crippen molar-refractivity contribution in [3.05, 3.63) is 75.8 Å². The molecule has 2 aromatic carbocycles. The zero-order valence-corrected chi connectivity index (χ0v) is 13.3. The maximum absolute atomic E-state index is 12.1. The molecule has 1 unspecified atom stereocenters. The summed E-state index contributed by atoms with van der Waals surface area (Å²) in [6, 6.07) is 13.2.